The van der Waals surface area contributed by atoms with Gasteiger partial charge < -0.3 is 5.32 Å². The topological polar surface area (TPSA) is 24.9 Å². The number of hydrogen-bond acceptors (Lipinski definition) is 3. The zero-order chi connectivity index (χ0) is 9.64. The summed E-state index contributed by atoms with van der Waals surface area (Å²) in [6.45, 7) is 2.09. The largest absolute Gasteiger partial charge is 0.312 e. The molecule has 1 N–H and O–H groups in total. The molecule has 14 heavy (non-hydrogen) atoms. The van der Waals surface area contributed by atoms with E-state index in [2.05, 4.69) is 28.1 Å². The Hall–Kier alpha value is -0.540. The number of nitrogens with one attached hydrogen (secondary N) is 1. The van der Waals surface area contributed by atoms with Crippen LogP contribution < -0.4 is 5.32 Å². The maximum atomic E-state index is 4.09. The third kappa shape index (κ3) is 3.00. The van der Waals surface area contributed by atoms with Gasteiger partial charge in [-0.15, -0.1) is 0 Å². The molecule has 2 heterocycles. The molecule has 1 saturated heterocycles. The Kier molecular flexibility index (Phi) is 3.83. The molecule has 1 aromatic rings. The molecule has 1 aliphatic heterocycles. The lowest BCUT2D eigenvalue weighted by Crippen LogP contribution is -2.22. The SMILES string of the molecule is c1cncc(CNCC2CCCS2)c1. The van der Waals surface area contributed by atoms with Gasteiger partial charge in [0.05, 0.1) is 0 Å². The number of hydrogen-bond donors (Lipinski definition) is 1. The molecule has 0 amide bonds. The molecular formula is C11H16N2S. The number of aromatic nitrogens is 1. The summed E-state index contributed by atoms with van der Waals surface area (Å²) in [5, 5.41) is 4.32. The van der Waals surface area contributed by atoms with Gasteiger partial charge in [0, 0.05) is 30.7 Å². The van der Waals surface area contributed by atoms with Gasteiger partial charge in [-0.05, 0) is 30.2 Å². The van der Waals surface area contributed by atoms with Crippen LogP contribution in [0.2, 0.25) is 0 Å². The van der Waals surface area contributed by atoms with E-state index in [1.165, 1.54) is 24.2 Å². The van der Waals surface area contributed by atoms with Crippen LogP contribution in [0.1, 0.15) is 18.4 Å². The molecule has 1 atom stereocenters. The second-order valence-corrected chi connectivity index (χ2v) is 5.04. The van der Waals surface area contributed by atoms with E-state index in [0.29, 0.717) is 0 Å². The highest BCUT2D eigenvalue weighted by Gasteiger charge is 2.14. The lowest BCUT2D eigenvalue weighted by Gasteiger charge is -2.09. The van der Waals surface area contributed by atoms with Gasteiger partial charge in [0.15, 0.2) is 0 Å². The lowest BCUT2D eigenvalue weighted by molar-refractivity contribution is 0.645. The fourth-order valence-corrected chi connectivity index (χ4v) is 2.92. The summed E-state index contributed by atoms with van der Waals surface area (Å²) in [7, 11) is 0. The molecule has 0 aromatic carbocycles. The average Bonchev–Trinajstić information content (AvgIpc) is 2.72. The van der Waals surface area contributed by atoms with E-state index in [4.69, 9.17) is 0 Å². The summed E-state index contributed by atoms with van der Waals surface area (Å²) in [5.74, 6) is 1.35. The first-order valence-corrected chi connectivity index (χ1v) is 6.21. The Morgan fingerprint density at radius 3 is 3.29 bits per heavy atom. The van der Waals surface area contributed by atoms with Crippen LogP contribution in [0.4, 0.5) is 0 Å². The van der Waals surface area contributed by atoms with Crippen LogP contribution in [0.25, 0.3) is 0 Å². The molecule has 2 nitrogen and oxygen atoms in total. The van der Waals surface area contributed by atoms with E-state index in [1.807, 2.05) is 18.5 Å². The Labute approximate surface area is 89.5 Å². The molecule has 1 unspecified atom stereocenters. The van der Waals surface area contributed by atoms with E-state index in [1.54, 1.807) is 0 Å². The van der Waals surface area contributed by atoms with Crippen molar-refractivity contribution in [3.8, 4) is 0 Å². The van der Waals surface area contributed by atoms with Crippen LogP contribution in [-0.4, -0.2) is 22.5 Å². The molecule has 0 spiro atoms. The predicted octanol–water partition coefficient (Wildman–Crippen LogP) is 2.07. The minimum atomic E-state index is 0.840. The zero-order valence-corrected chi connectivity index (χ0v) is 9.09. The van der Waals surface area contributed by atoms with Gasteiger partial charge in [-0.2, -0.15) is 11.8 Å². The van der Waals surface area contributed by atoms with Gasteiger partial charge >= 0.3 is 0 Å². The summed E-state index contributed by atoms with van der Waals surface area (Å²) in [5.41, 5.74) is 1.27. The highest BCUT2D eigenvalue weighted by Crippen LogP contribution is 2.25. The van der Waals surface area contributed by atoms with Crippen molar-refractivity contribution in [2.24, 2.45) is 0 Å². The highest BCUT2D eigenvalue weighted by molar-refractivity contribution is 8.00. The molecule has 0 radical (unpaired) electrons. The first-order chi connectivity index (χ1) is 6.95. The van der Waals surface area contributed by atoms with Crippen LogP contribution in [0.15, 0.2) is 24.5 Å². The molecule has 1 aromatic heterocycles. The van der Waals surface area contributed by atoms with Crippen molar-refractivity contribution in [2.75, 3.05) is 12.3 Å². The first-order valence-electron chi connectivity index (χ1n) is 5.16. The molecule has 0 aliphatic carbocycles. The van der Waals surface area contributed by atoms with Crippen molar-refractivity contribution >= 4 is 11.8 Å². The first kappa shape index (κ1) is 9.99. The number of pyridine rings is 1. The third-order valence-electron chi connectivity index (χ3n) is 2.45. The average molecular weight is 208 g/mol. The zero-order valence-electron chi connectivity index (χ0n) is 8.28. The summed E-state index contributed by atoms with van der Waals surface area (Å²) in [4.78, 5) is 4.09. The van der Waals surface area contributed by atoms with Gasteiger partial charge in [-0.25, -0.2) is 0 Å². The highest BCUT2D eigenvalue weighted by atomic mass is 32.2. The third-order valence-corrected chi connectivity index (χ3v) is 3.85. The Morgan fingerprint density at radius 2 is 2.57 bits per heavy atom. The minimum Gasteiger partial charge on any atom is -0.312 e. The molecule has 0 saturated carbocycles. The Balaban J connectivity index is 1.67. The quantitative estimate of drug-likeness (QED) is 0.820. The molecule has 1 aliphatic rings. The van der Waals surface area contributed by atoms with Gasteiger partial charge in [0.25, 0.3) is 0 Å². The maximum Gasteiger partial charge on any atom is 0.0312 e. The maximum absolute atomic E-state index is 4.09. The van der Waals surface area contributed by atoms with E-state index < -0.39 is 0 Å². The van der Waals surface area contributed by atoms with Crippen molar-refractivity contribution in [1.82, 2.24) is 10.3 Å². The summed E-state index contributed by atoms with van der Waals surface area (Å²) in [6.07, 6.45) is 6.51. The second-order valence-electron chi connectivity index (χ2n) is 3.63. The molecular weight excluding hydrogens is 192 g/mol. The van der Waals surface area contributed by atoms with E-state index in [-0.39, 0.29) is 0 Å². The normalized spacial score (nSPS) is 21.3. The van der Waals surface area contributed by atoms with Gasteiger partial charge in [0.1, 0.15) is 0 Å². The van der Waals surface area contributed by atoms with Crippen LogP contribution in [0.5, 0.6) is 0 Å². The standard InChI is InChI=1S/C11H16N2S/c1-3-10(7-12-5-1)8-13-9-11-4-2-6-14-11/h1,3,5,7,11,13H,2,4,6,8-9H2. The van der Waals surface area contributed by atoms with Crippen LogP contribution in [0.3, 0.4) is 0 Å². The monoisotopic (exact) mass is 208 g/mol. The van der Waals surface area contributed by atoms with Crippen molar-refractivity contribution in [3.05, 3.63) is 30.1 Å². The summed E-state index contributed by atoms with van der Waals surface area (Å²) >= 11 is 2.10. The Bertz CT molecular complexity index is 257. The van der Waals surface area contributed by atoms with E-state index >= 15 is 0 Å². The minimum absolute atomic E-state index is 0.840. The smallest absolute Gasteiger partial charge is 0.0312 e. The van der Waals surface area contributed by atoms with Gasteiger partial charge in [-0.1, -0.05) is 6.07 Å². The number of thioether (sulfide) groups is 1. The lowest BCUT2D eigenvalue weighted by atomic mass is 10.2. The van der Waals surface area contributed by atoms with E-state index in [9.17, 15) is 0 Å². The molecule has 2 rings (SSSR count). The Morgan fingerprint density at radius 1 is 1.57 bits per heavy atom. The second kappa shape index (κ2) is 5.37. The fourth-order valence-electron chi connectivity index (χ4n) is 1.69. The molecule has 0 bridgehead atoms. The molecule has 1 fully saturated rings. The number of nitrogens with zero attached hydrogens (tertiary/aromatic N) is 1. The van der Waals surface area contributed by atoms with Crippen LogP contribution >= 0.6 is 11.8 Å². The van der Waals surface area contributed by atoms with Crippen molar-refractivity contribution in [1.29, 1.82) is 0 Å². The van der Waals surface area contributed by atoms with Crippen LogP contribution in [-0.2, 0) is 6.54 Å². The van der Waals surface area contributed by atoms with Gasteiger partial charge in [-0.3, -0.25) is 4.98 Å². The van der Waals surface area contributed by atoms with Gasteiger partial charge in [0.2, 0.25) is 0 Å². The van der Waals surface area contributed by atoms with Crippen LogP contribution in [0, 0.1) is 0 Å². The van der Waals surface area contributed by atoms with Crippen molar-refractivity contribution in [3.63, 3.8) is 0 Å². The summed E-state index contributed by atoms with van der Waals surface area (Å²) in [6, 6.07) is 4.10. The van der Waals surface area contributed by atoms with Crippen molar-refractivity contribution < 1.29 is 0 Å². The number of rotatable bonds is 4. The van der Waals surface area contributed by atoms with E-state index in [0.717, 1.165) is 18.3 Å². The predicted molar refractivity (Wildman–Crippen MR) is 61.4 cm³/mol. The molecule has 76 valence electrons. The fraction of sp³-hybridized carbons (Fsp3) is 0.545. The van der Waals surface area contributed by atoms with Crippen molar-refractivity contribution in [2.45, 2.75) is 24.6 Å². The summed E-state index contributed by atoms with van der Waals surface area (Å²) < 4.78 is 0. The molecule has 3 heteroatoms.